The summed E-state index contributed by atoms with van der Waals surface area (Å²) in [4.78, 5) is 17.1. The first kappa shape index (κ1) is 26.5. The Morgan fingerprint density at radius 2 is 1.61 bits per heavy atom. The largest absolute Gasteiger partial charge is 0.494 e. The molecule has 1 saturated heterocycles. The van der Waals surface area contributed by atoms with Crippen LogP contribution in [-0.4, -0.2) is 54.5 Å². The van der Waals surface area contributed by atoms with Crippen molar-refractivity contribution >= 4 is 29.1 Å². The van der Waals surface area contributed by atoms with Gasteiger partial charge in [-0.1, -0.05) is 77.8 Å². The van der Waals surface area contributed by atoms with E-state index in [1.54, 1.807) is 6.07 Å². The van der Waals surface area contributed by atoms with Crippen LogP contribution in [-0.2, 0) is 24.2 Å². The molecule has 0 radical (unpaired) electrons. The predicted molar refractivity (Wildman–Crippen MR) is 147 cm³/mol. The van der Waals surface area contributed by atoms with Gasteiger partial charge in [-0.2, -0.15) is 0 Å². The molecule has 1 atom stereocenters. The lowest BCUT2D eigenvalue weighted by molar-refractivity contribution is -0.134. The number of rotatable bonds is 10. The molecule has 0 bridgehead atoms. The molecule has 0 saturated carbocycles. The first-order valence-corrected chi connectivity index (χ1v) is 13.2. The predicted octanol–water partition coefficient (Wildman–Crippen LogP) is 5.22. The molecule has 1 aliphatic heterocycles. The van der Waals surface area contributed by atoms with E-state index in [0.29, 0.717) is 42.7 Å². The highest BCUT2D eigenvalue weighted by Gasteiger charge is 2.25. The lowest BCUT2D eigenvalue weighted by atomic mass is 10.0. The van der Waals surface area contributed by atoms with Gasteiger partial charge in [-0.25, -0.2) is 0 Å². The van der Waals surface area contributed by atoms with E-state index in [-0.39, 0.29) is 5.91 Å². The van der Waals surface area contributed by atoms with Gasteiger partial charge >= 0.3 is 0 Å². The van der Waals surface area contributed by atoms with E-state index in [1.165, 1.54) is 5.56 Å². The number of nitrogens with two attached hydrogens (primary N) is 1. The first-order chi connectivity index (χ1) is 17.5. The molecule has 3 aromatic carbocycles. The average Bonchev–Trinajstić information content (AvgIpc) is 2.91. The summed E-state index contributed by atoms with van der Waals surface area (Å²) in [6.07, 6.45) is 2.47. The quantitative estimate of drug-likeness (QED) is 0.368. The lowest BCUT2D eigenvalue weighted by Crippen LogP contribution is -2.53. The number of benzene rings is 3. The number of halogens is 2. The summed E-state index contributed by atoms with van der Waals surface area (Å²) >= 11 is 12.5. The van der Waals surface area contributed by atoms with Gasteiger partial charge < -0.3 is 15.4 Å². The number of nitrogens with zero attached hydrogens (tertiary/aromatic N) is 2. The Kier molecular flexibility index (Phi) is 9.65. The van der Waals surface area contributed by atoms with Gasteiger partial charge in [0.1, 0.15) is 5.75 Å². The summed E-state index contributed by atoms with van der Waals surface area (Å²) in [5, 5.41) is 1.17. The maximum absolute atomic E-state index is 12.9. The number of piperazine rings is 1. The second-order valence-corrected chi connectivity index (χ2v) is 9.99. The van der Waals surface area contributed by atoms with E-state index in [1.807, 2.05) is 47.4 Å². The van der Waals surface area contributed by atoms with Crippen molar-refractivity contribution in [2.45, 2.75) is 31.8 Å². The fraction of sp³-hybridized carbons (Fsp3) is 0.345. The van der Waals surface area contributed by atoms with Crippen LogP contribution in [0.15, 0.2) is 72.8 Å². The minimum Gasteiger partial charge on any atom is -0.494 e. The number of hydrogen-bond donors (Lipinski definition) is 1. The molecule has 1 fully saturated rings. The minimum absolute atomic E-state index is 0.00308. The third kappa shape index (κ3) is 7.47. The SMILES string of the molecule is NC(Cc1ccc(OCCCc2ccccc2)cc1)C(=O)N1CCN(Cc2cccc(Cl)c2Cl)CC1. The highest BCUT2D eigenvalue weighted by molar-refractivity contribution is 6.42. The maximum atomic E-state index is 12.9. The molecule has 190 valence electrons. The second kappa shape index (κ2) is 13.1. The number of carbonyl (C=O) groups is 1. The number of amides is 1. The van der Waals surface area contributed by atoms with Crippen LogP contribution in [0.25, 0.3) is 0 Å². The minimum atomic E-state index is -0.559. The van der Waals surface area contributed by atoms with E-state index >= 15 is 0 Å². The monoisotopic (exact) mass is 525 g/mol. The van der Waals surface area contributed by atoms with Crippen molar-refractivity contribution in [1.29, 1.82) is 0 Å². The molecule has 0 aliphatic carbocycles. The third-order valence-corrected chi connectivity index (χ3v) is 7.39. The molecule has 0 spiro atoms. The van der Waals surface area contributed by atoms with E-state index in [4.69, 9.17) is 33.7 Å². The van der Waals surface area contributed by atoms with Crippen molar-refractivity contribution < 1.29 is 9.53 Å². The Labute approximate surface area is 223 Å². The normalized spacial score (nSPS) is 15.0. The average molecular weight is 527 g/mol. The van der Waals surface area contributed by atoms with Gasteiger partial charge in [-0.3, -0.25) is 9.69 Å². The highest BCUT2D eigenvalue weighted by atomic mass is 35.5. The second-order valence-electron chi connectivity index (χ2n) is 9.21. The molecule has 7 heteroatoms. The Morgan fingerprint density at radius 3 is 2.33 bits per heavy atom. The fourth-order valence-corrected chi connectivity index (χ4v) is 4.83. The fourth-order valence-electron chi connectivity index (χ4n) is 4.45. The van der Waals surface area contributed by atoms with Crippen LogP contribution >= 0.6 is 23.2 Å². The van der Waals surface area contributed by atoms with E-state index in [2.05, 4.69) is 29.2 Å². The number of hydrogen-bond acceptors (Lipinski definition) is 4. The van der Waals surface area contributed by atoms with Crippen LogP contribution in [0.1, 0.15) is 23.1 Å². The van der Waals surface area contributed by atoms with E-state index in [0.717, 1.165) is 42.8 Å². The number of aryl methyl sites for hydroxylation is 1. The number of ether oxygens (including phenoxy) is 1. The lowest BCUT2D eigenvalue weighted by Gasteiger charge is -2.36. The van der Waals surface area contributed by atoms with E-state index < -0.39 is 6.04 Å². The Bertz CT molecular complexity index is 1120. The zero-order valence-corrected chi connectivity index (χ0v) is 21.9. The van der Waals surface area contributed by atoms with Crippen LogP contribution < -0.4 is 10.5 Å². The maximum Gasteiger partial charge on any atom is 0.239 e. The molecule has 2 N–H and O–H groups in total. The first-order valence-electron chi connectivity index (χ1n) is 12.4. The molecule has 1 amide bonds. The van der Waals surface area contributed by atoms with Crippen LogP contribution in [0.2, 0.25) is 10.0 Å². The molecule has 1 heterocycles. The summed E-state index contributed by atoms with van der Waals surface area (Å²) in [6, 6.07) is 23.4. The molecule has 5 nitrogen and oxygen atoms in total. The van der Waals surface area contributed by atoms with Gasteiger partial charge in [0.15, 0.2) is 0 Å². The zero-order valence-electron chi connectivity index (χ0n) is 20.4. The van der Waals surface area contributed by atoms with Gasteiger partial charge in [0.25, 0.3) is 0 Å². The topological polar surface area (TPSA) is 58.8 Å². The molecule has 0 aromatic heterocycles. The Hall–Kier alpha value is -2.57. The molecule has 1 unspecified atom stereocenters. The van der Waals surface area contributed by atoms with Crippen LogP contribution in [0.3, 0.4) is 0 Å². The molecular formula is C29H33Cl2N3O2. The van der Waals surface area contributed by atoms with Crippen molar-refractivity contribution in [2.24, 2.45) is 5.73 Å². The van der Waals surface area contributed by atoms with Gasteiger partial charge in [0.2, 0.25) is 5.91 Å². The Balaban J connectivity index is 1.18. The molecular weight excluding hydrogens is 493 g/mol. The summed E-state index contributed by atoms with van der Waals surface area (Å²) in [7, 11) is 0. The molecule has 1 aliphatic rings. The molecule has 36 heavy (non-hydrogen) atoms. The summed E-state index contributed by atoms with van der Waals surface area (Å²) in [5.74, 6) is 0.833. The van der Waals surface area contributed by atoms with Gasteiger partial charge in [0.05, 0.1) is 22.7 Å². The van der Waals surface area contributed by atoms with Crippen LogP contribution in [0, 0.1) is 0 Å². The van der Waals surface area contributed by atoms with Crippen molar-refractivity contribution in [3.63, 3.8) is 0 Å². The smallest absolute Gasteiger partial charge is 0.239 e. The van der Waals surface area contributed by atoms with Crippen molar-refractivity contribution in [2.75, 3.05) is 32.8 Å². The highest BCUT2D eigenvalue weighted by Crippen LogP contribution is 2.26. The van der Waals surface area contributed by atoms with Gasteiger partial charge in [-0.05, 0) is 54.2 Å². The van der Waals surface area contributed by atoms with Crippen LogP contribution in [0.5, 0.6) is 5.75 Å². The molecule has 3 aromatic rings. The standard InChI is InChI=1S/C29H33Cl2N3O2/c30-26-10-4-9-24(28(26)31)21-33-15-17-34(18-16-33)29(35)27(32)20-23-11-13-25(14-12-23)36-19-5-8-22-6-2-1-3-7-22/h1-4,6-7,9-14,27H,5,8,15-21,32H2. The summed E-state index contributed by atoms with van der Waals surface area (Å²) in [6.45, 7) is 4.24. The zero-order chi connectivity index (χ0) is 25.3. The van der Waals surface area contributed by atoms with Gasteiger partial charge in [-0.15, -0.1) is 0 Å². The third-order valence-electron chi connectivity index (χ3n) is 6.53. The van der Waals surface area contributed by atoms with Crippen molar-refractivity contribution in [3.8, 4) is 5.75 Å². The van der Waals surface area contributed by atoms with Gasteiger partial charge in [0, 0.05) is 32.7 Å². The summed E-state index contributed by atoms with van der Waals surface area (Å²) in [5.41, 5.74) is 9.65. The summed E-state index contributed by atoms with van der Waals surface area (Å²) < 4.78 is 5.87. The van der Waals surface area contributed by atoms with Crippen LogP contribution in [0.4, 0.5) is 0 Å². The van der Waals surface area contributed by atoms with E-state index in [9.17, 15) is 4.79 Å². The Morgan fingerprint density at radius 1 is 0.889 bits per heavy atom. The van der Waals surface area contributed by atoms with Crippen molar-refractivity contribution in [3.05, 3.63) is 99.5 Å². The van der Waals surface area contributed by atoms with Crippen molar-refractivity contribution in [1.82, 2.24) is 9.80 Å². The number of carbonyl (C=O) groups excluding carboxylic acids is 1. The molecule has 4 rings (SSSR count).